The number of fused-ring (bicyclic) bond motifs is 2. The Balaban J connectivity index is 0.000000200. The third-order valence-electron chi connectivity index (χ3n) is 16.3. The van der Waals surface area contributed by atoms with E-state index < -0.39 is 0 Å². The van der Waals surface area contributed by atoms with Crippen molar-refractivity contribution in [3.63, 3.8) is 0 Å². The molecule has 1 unspecified atom stereocenters. The fourth-order valence-electron chi connectivity index (χ4n) is 10.8. The zero-order valence-electron chi connectivity index (χ0n) is 55.0. The van der Waals surface area contributed by atoms with Gasteiger partial charge in [-0.2, -0.15) is 0 Å². The summed E-state index contributed by atoms with van der Waals surface area (Å²) in [6, 6.07) is 39.0. The van der Waals surface area contributed by atoms with E-state index in [1.54, 1.807) is 24.7 Å². The van der Waals surface area contributed by atoms with Crippen LogP contribution in [0, 0.1) is 0 Å². The molecule has 8 rings (SSSR count). The summed E-state index contributed by atoms with van der Waals surface area (Å²) < 4.78 is 0.555. The number of phenolic OH excluding ortho intramolecular Hbond substituents is 4. The van der Waals surface area contributed by atoms with Crippen molar-refractivity contribution in [1.29, 1.82) is 0 Å². The van der Waals surface area contributed by atoms with Crippen molar-refractivity contribution in [3.05, 3.63) is 176 Å². The van der Waals surface area contributed by atoms with Crippen molar-refractivity contribution in [2.75, 3.05) is 0 Å². The van der Waals surface area contributed by atoms with Crippen LogP contribution in [0.3, 0.4) is 0 Å². The summed E-state index contributed by atoms with van der Waals surface area (Å²) >= 11 is 1.57. The van der Waals surface area contributed by atoms with Gasteiger partial charge in [0.2, 0.25) is 0 Å². The number of benzene rings is 7. The third-order valence-corrected chi connectivity index (χ3v) is 17.8. The first-order chi connectivity index (χ1) is 37.3. The first-order valence-corrected chi connectivity index (χ1v) is 31.2. The molecule has 0 fully saturated rings. The van der Waals surface area contributed by atoms with Crippen molar-refractivity contribution in [2.45, 2.75) is 226 Å². The number of phenols is 4. The maximum atomic E-state index is 11.4. The summed E-state index contributed by atoms with van der Waals surface area (Å²) in [5.41, 5.74) is 17.1. The van der Waals surface area contributed by atoms with Crippen LogP contribution in [0.1, 0.15) is 243 Å². The fraction of sp³-hybridized carbons (Fsp3) is 0.455. The van der Waals surface area contributed by atoms with E-state index in [0.29, 0.717) is 25.9 Å². The van der Waals surface area contributed by atoms with E-state index in [1.807, 2.05) is 0 Å². The Morgan fingerprint density at radius 2 is 0.659 bits per heavy atom. The molecule has 4 nitrogen and oxygen atoms in total. The van der Waals surface area contributed by atoms with E-state index >= 15 is 0 Å². The average Bonchev–Trinajstić information content (AvgIpc) is 2.40. The van der Waals surface area contributed by atoms with Crippen LogP contribution in [0.4, 0.5) is 0 Å². The zero-order valence-corrected chi connectivity index (χ0v) is 57.5. The quantitative estimate of drug-likeness (QED) is 0.142. The molecular formula is C77H101O4Zr. The summed E-state index contributed by atoms with van der Waals surface area (Å²) in [5.74, 6) is 1.04. The van der Waals surface area contributed by atoms with Crippen molar-refractivity contribution < 1.29 is 45.1 Å². The molecular weight excluding hydrogens is 1080 g/mol. The predicted molar refractivity (Wildman–Crippen MR) is 350 cm³/mol. The van der Waals surface area contributed by atoms with Crippen LogP contribution in [0.15, 0.2) is 109 Å². The number of hydrogen-bond acceptors (Lipinski definition) is 4. The molecule has 82 heavy (non-hydrogen) atoms. The molecule has 0 aromatic heterocycles. The first-order valence-electron chi connectivity index (χ1n) is 29.8. The van der Waals surface area contributed by atoms with Crippen LogP contribution in [-0.2, 0) is 74.5 Å². The van der Waals surface area contributed by atoms with Crippen molar-refractivity contribution >= 4 is 22.4 Å². The molecule has 7 aromatic rings. The van der Waals surface area contributed by atoms with Crippen LogP contribution in [0.2, 0.25) is 0 Å². The van der Waals surface area contributed by atoms with Crippen molar-refractivity contribution in [1.82, 2.24) is 0 Å². The summed E-state index contributed by atoms with van der Waals surface area (Å²) in [4.78, 5) is 0. The van der Waals surface area contributed by atoms with Gasteiger partial charge in [-0.1, -0.05) is 190 Å². The van der Waals surface area contributed by atoms with E-state index in [-0.39, 0.29) is 66.3 Å². The maximum absolute atomic E-state index is 11.4. The molecule has 4 N–H and O–H groups in total. The predicted octanol–water partition coefficient (Wildman–Crippen LogP) is 21.5. The molecule has 7 aromatic carbocycles. The van der Waals surface area contributed by atoms with Crippen LogP contribution in [-0.4, -0.2) is 20.4 Å². The second kappa shape index (κ2) is 23.2. The van der Waals surface area contributed by atoms with E-state index in [9.17, 15) is 20.4 Å². The Hall–Kier alpha value is -5.38. The Morgan fingerprint density at radius 3 is 0.951 bits per heavy atom. The van der Waals surface area contributed by atoms with Gasteiger partial charge in [-0.15, -0.1) is 0 Å². The second-order valence-corrected chi connectivity index (χ2v) is 33.0. The standard InChI is InChI=1S/2C28H42O2.C21H17.Zr/c2*1-25(2,3)17-13-19(23(29)21(15-17)27(7,8)9)20-14-18(26(4,5)6)16-22(24(20)30)28(10,11)12;1-2-15-11-18-9-5-6-10-20(18)21(12-15)19-13-16-7-3-4-8-17(16)14-19;/h2*13-16,29-30H,1-12H3;3-14H,2H2,1H3;. The minimum atomic E-state index is -0.218. The Labute approximate surface area is 511 Å². The van der Waals surface area contributed by atoms with Gasteiger partial charge in [0.05, 0.1) is 0 Å². The Morgan fingerprint density at radius 1 is 0.354 bits per heavy atom. The molecule has 5 heteroatoms. The van der Waals surface area contributed by atoms with E-state index in [2.05, 4.69) is 288 Å². The van der Waals surface area contributed by atoms with E-state index in [4.69, 9.17) is 0 Å². The monoisotopic (exact) mass is 1180 g/mol. The van der Waals surface area contributed by atoms with Crippen LogP contribution >= 0.6 is 0 Å². The normalized spacial score (nSPS) is 14.4. The number of hydrogen-bond donors (Lipinski definition) is 4. The number of allylic oxidation sites excluding steroid dienone is 1. The molecule has 1 aliphatic rings. The van der Waals surface area contributed by atoms with E-state index in [1.165, 1.54) is 38.6 Å². The molecule has 0 heterocycles. The molecule has 1 atom stereocenters. The molecule has 0 saturated heterocycles. The van der Waals surface area contributed by atoms with E-state index in [0.717, 1.165) is 50.9 Å². The van der Waals surface area contributed by atoms with Crippen molar-refractivity contribution in [2.24, 2.45) is 0 Å². The molecule has 0 amide bonds. The summed E-state index contributed by atoms with van der Waals surface area (Å²) in [6.07, 6.45) is 3.48. The molecule has 0 bridgehead atoms. The van der Waals surface area contributed by atoms with Crippen LogP contribution in [0.5, 0.6) is 23.0 Å². The van der Waals surface area contributed by atoms with Gasteiger partial charge in [0.15, 0.2) is 0 Å². The molecule has 0 aliphatic heterocycles. The Kier molecular flexibility index (Phi) is 18.6. The molecule has 0 spiro atoms. The van der Waals surface area contributed by atoms with Gasteiger partial charge in [-0.25, -0.2) is 0 Å². The fourth-order valence-corrected chi connectivity index (χ4v) is 12.0. The van der Waals surface area contributed by atoms with Crippen LogP contribution < -0.4 is 0 Å². The summed E-state index contributed by atoms with van der Waals surface area (Å²) in [7, 11) is 0. The molecule has 0 radical (unpaired) electrons. The van der Waals surface area contributed by atoms with Gasteiger partial charge in [0.25, 0.3) is 0 Å². The first kappa shape index (κ1) is 65.8. The summed E-state index contributed by atoms with van der Waals surface area (Å²) in [6.45, 7) is 53.8. The van der Waals surface area contributed by atoms with Crippen molar-refractivity contribution in [3.8, 4) is 45.3 Å². The topological polar surface area (TPSA) is 80.9 Å². The number of rotatable bonds is 4. The van der Waals surface area contributed by atoms with Gasteiger partial charge in [0.1, 0.15) is 23.0 Å². The third kappa shape index (κ3) is 14.6. The summed E-state index contributed by atoms with van der Waals surface area (Å²) in [5, 5.41) is 48.2. The molecule has 1 aliphatic carbocycles. The SMILES string of the molecule is CC(C)(C)c1cc(-c2cc(C(C)(C)C)cc(C(C)(C)C)c2O)c(O)c(C(C)(C)C)c1.CC(C)(C)c1cc(-c2cc(C(C)(C)C)cc(C(C)(C)C)c2O)c(O)c(C(C)(C)C)c1.CCc1cc(C2=Cc3ccccc3[CH]2[Zr])c2ccccc2c1. The minimum absolute atomic E-state index is 0.0768. The molecule has 0 saturated carbocycles. The van der Waals surface area contributed by atoms with Gasteiger partial charge in [0, 0.05) is 44.5 Å². The second-order valence-electron chi connectivity index (χ2n) is 31.6. The number of aryl methyl sites for hydroxylation is 1. The Bertz CT molecular complexity index is 3190. The van der Waals surface area contributed by atoms with Gasteiger partial charge >= 0.3 is 147 Å². The number of aromatic hydroxyl groups is 4. The van der Waals surface area contributed by atoms with Gasteiger partial charge in [-0.05, 0) is 89.8 Å². The zero-order chi connectivity index (χ0) is 62.0. The molecule has 437 valence electrons. The van der Waals surface area contributed by atoms with Gasteiger partial charge in [-0.3, -0.25) is 0 Å². The van der Waals surface area contributed by atoms with Gasteiger partial charge < -0.3 is 20.4 Å². The average molecular weight is 1180 g/mol. The van der Waals surface area contributed by atoms with Crippen LogP contribution in [0.25, 0.3) is 44.7 Å².